The quantitative estimate of drug-likeness (QED) is 0.502. The van der Waals surface area contributed by atoms with E-state index in [2.05, 4.69) is 12.6 Å². The average molecular weight is 198 g/mol. The van der Waals surface area contributed by atoms with Gasteiger partial charge in [0.1, 0.15) is 5.82 Å². The summed E-state index contributed by atoms with van der Waals surface area (Å²) < 4.78 is 12.8. The minimum Gasteiger partial charge on any atom is -0.397 e. The first-order valence-electron chi connectivity index (χ1n) is 3.77. The fourth-order valence-corrected chi connectivity index (χ4v) is 1.08. The zero-order chi connectivity index (χ0) is 9.84. The van der Waals surface area contributed by atoms with Crippen LogP contribution in [0.1, 0.15) is 5.56 Å². The maximum absolute atomic E-state index is 12.8. The van der Waals surface area contributed by atoms with E-state index < -0.39 is 0 Å². The van der Waals surface area contributed by atoms with Gasteiger partial charge in [-0.3, -0.25) is 0 Å². The van der Waals surface area contributed by atoms with Gasteiger partial charge in [-0.25, -0.2) is 4.39 Å². The Balaban J connectivity index is 3.12. The zero-order valence-electron chi connectivity index (χ0n) is 7.00. The normalized spacial score (nSPS) is 10.9. The predicted octanol–water partition coefficient (Wildman–Crippen LogP) is 1.93. The van der Waals surface area contributed by atoms with Crippen LogP contribution >= 0.6 is 12.6 Å². The molecule has 4 heteroatoms. The topological polar surface area (TPSA) is 52.0 Å². The van der Waals surface area contributed by atoms with Crippen LogP contribution in [0.15, 0.2) is 18.2 Å². The summed E-state index contributed by atoms with van der Waals surface area (Å²) in [6, 6.07) is 2.54. The lowest BCUT2D eigenvalue weighted by Gasteiger charge is -2.04. The number of benzene rings is 1. The Labute approximate surface area is 81.8 Å². The summed E-state index contributed by atoms with van der Waals surface area (Å²) in [6.45, 7) is 0. The minimum absolute atomic E-state index is 0.263. The number of hydrogen-bond acceptors (Lipinski definition) is 3. The van der Waals surface area contributed by atoms with E-state index >= 15 is 0 Å². The molecule has 1 aromatic carbocycles. The lowest BCUT2D eigenvalue weighted by molar-refractivity contribution is 0.628. The molecule has 13 heavy (non-hydrogen) atoms. The van der Waals surface area contributed by atoms with Crippen molar-refractivity contribution >= 4 is 30.1 Å². The van der Waals surface area contributed by atoms with Crippen molar-refractivity contribution in [1.29, 1.82) is 0 Å². The number of hydrogen-bond donors (Lipinski definition) is 3. The van der Waals surface area contributed by atoms with Crippen LogP contribution in [0.2, 0.25) is 0 Å². The number of thiol groups is 1. The molecule has 0 aliphatic carbocycles. The van der Waals surface area contributed by atoms with Crippen LogP contribution in [-0.2, 0) is 0 Å². The molecule has 4 N–H and O–H groups in total. The molecular weight excluding hydrogens is 187 g/mol. The summed E-state index contributed by atoms with van der Waals surface area (Å²) in [5, 5.41) is 0. The van der Waals surface area contributed by atoms with Crippen molar-refractivity contribution in [2.75, 3.05) is 17.2 Å². The van der Waals surface area contributed by atoms with Crippen molar-refractivity contribution in [3.05, 3.63) is 29.6 Å². The van der Waals surface area contributed by atoms with E-state index in [0.29, 0.717) is 17.0 Å². The third-order valence-corrected chi connectivity index (χ3v) is 1.82. The highest BCUT2D eigenvalue weighted by atomic mass is 32.1. The van der Waals surface area contributed by atoms with Crippen molar-refractivity contribution in [3.63, 3.8) is 0 Å². The second-order valence-electron chi connectivity index (χ2n) is 2.58. The van der Waals surface area contributed by atoms with Gasteiger partial charge in [-0.05, 0) is 12.1 Å². The van der Waals surface area contributed by atoms with Crippen LogP contribution in [0.5, 0.6) is 0 Å². The van der Waals surface area contributed by atoms with Crippen molar-refractivity contribution in [2.24, 2.45) is 0 Å². The molecule has 0 radical (unpaired) electrons. The molecule has 0 unspecified atom stereocenters. The number of rotatable bonds is 2. The van der Waals surface area contributed by atoms with E-state index in [9.17, 15) is 4.39 Å². The molecule has 0 saturated carbocycles. The van der Waals surface area contributed by atoms with Crippen LogP contribution in [0, 0.1) is 5.82 Å². The Kier molecular flexibility index (Phi) is 3.19. The molecule has 0 aromatic heterocycles. The Bertz CT molecular complexity index is 337. The van der Waals surface area contributed by atoms with Gasteiger partial charge in [0.15, 0.2) is 0 Å². The molecule has 0 heterocycles. The lowest BCUT2D eigenvalue weighted by Crippen LogP contribution is -1.98. The standard InChI is InChI=1S/C9H11FN2S/c10-7-4-6(2-1-3-13)9(12)8(11)5-7/h1-2,4-5,13H,3,11-12H2. The minimum atomic E-state index is -0.384. The molecule has 0 aliphatic rings. The molecule has 1 aromatic rings. The van der Waals surface area contributed by atoms with Crippen molar-refractivity contribution in [1.82, 2.24) is 0 Å². The smallest absolute Gasteiger partial charge is 0.126 e. The summed E-state index contributed by atoms with van der Waals surface area (Å²) in [7, 11) is 0. The van der Waals surface area contributed by atoms with E-state index in [1.165, 1.54) is 12.1 Å². The molecule has 0 atom stereocenters. The van der Waals surface area contributed by atoms with Gasteiger partial charge < -0.3 is 11.5 Å². The van der Waals surface area contributed by atoms with Gasteiger partial charge >= 0.3 is 0 Å². The number of anilines is 2. The molecule has 0 amide bonds. The Morgan fingerprint density at radius 3 is 2.69 bits per heavy atom. The van der Waals surface area contributed by atoms with Crippen LogP contribution in [0.3, 0.4) is 0 Å². The molecule has 70 valence electrons. The van der Waals surface area contributed by atoms with E-state index in [1.807, 2.05) is 0 Å². The van der Waals surface area contributed by atoms with Crippen LogP contribution in [0.25, 0.3) is 6.08 Å². The number of nitrogen functional groups attached to an aromatic ring is 2. The van der Waals surface area contributed by atoms with Crippen LogP contribution in [-0.4, -0.2) is 5.75 Å². The fraction of sp³-hybridized carbons (Fsp3) is 0.111. The highest BCUT2D eigenvalue weighted by Gasteiger charge is 2.02. The molecule has 0 spiro atoms. The molecule has 1 rings (SSSR count). The second-order valence-corrected chi connectivity index (χ2v) is 2.95. The van der Waals surface area contributed by atoms with Crippen molar-refractivity contribution in [2.45, 2.75) is 0 Å². The van der Waals surface area contributed by atoms with E-state index in [0.717, 1.165) is 0 Å². The summed E-state index contributed by atoms with van der Waals surface area (Å²) in [4.78, 5) is 0. The average Bonchev–Trinajstić information content (AvgIpc) is 2.09. The maximum Gasteiger partial charge on any atom is 0.126 e. The zero-order valence-corrected chi connectivity index (χ0v) is 7.89. The summed E-state index contributed by atoms with van der Waals surface area (Å²) in [5.74, 6) is 0.195. The second kappa shape index (κ2) is 4.18. The predicted molar refractivity (Wildman–Crippen MR) is 58.1 cm³/mol. The highest BCUT2D eigenvalue weighted by molar-refractivity contribution is 7.80. The number of halogens is 1. The Morgan fingerprint density at radius 1 is 1.38 bits per heavy atom. The van der Waals surface area contributed by atoms with Gasteiger partial charge in [0.05, 0.1) is 11.4 Å². The SMILES string of the molecule is Nc1cc(F)cc(C=CCS)c1N. The molecule has 0 aliphatic heterocycles. The Hall–Kier alpha value is -1.16. The van der Waals surface area contributed by atoms with Gasteiger partial charge in [-0.1, -0.05) is 12.2 Å². The Morgan fingerprint density at radius 2 is 2.08 bits per heavy atom. The molecular formula is C9H11FN2S. The largest absolute Gasteiger partial charge is 0.397 e. The number of nitrogens with two attached hydrogens (primary N) is 2. The van der Waals surface area contributed by atoms with Gasteiger partial charge in [0, 0.05) is 11.3 Å². The first-order chi connectivity index (χ1) is 6.15. The third-order valence-electron chi connectivity index (χ3n) is 1.61. The van der Waals surface area contributed by atoms with E-state index in [4.69, 9.17) is 11.5 Å². The first kappa shape index (κ1) is 9.92. The maximum atomic E-state index is 12.8. The van der Waals surface area contributed by atoms with E-state index in [1.54, 1.807) is 12.2 Å². The van der Waals surface area contributed by atoms with Gasteiger partial charge in [0.25, 0.3) is 0 Å². The van der Waals surface area contributed by atoms with Crippen molar-refractivity contribution < 1.29 is 4.39 Å². The monoisotopic (exact) mass is 198 g/mol. The molecule has 0 fully saturated rings. The molecule has 0 saturated heterocycles. The third kappa shape index (κ3) is 2.39. The highest BCUT2D eigenvalue weighted by Crippen LogP contribution is 2.22. The first-order valence-corrected chi connectivity index (χ1v) is 4.40. The summed E-state index contributed by atoms with van der Waals surface area (Å²) in [5.41, 5.74) is 12.4. The molecule has 0 bridgehead atoms. The fourth-order valence-electron chi connectivity index (χ4n) is 0.979. The van der Waals surface area contributed by atoms with Crippen LogP contribution in [0.4, 0.5) is 15.8 Å². The van der Waals surface area contributed by atoms with Gasteiger partial charge in [-0.15, -0.1) is 0 Å². The summed E-state index contributed by atoms with van der Waals surface area (Å²) >= 11 is 3.98. The summed E-state index contributed by atoms with van der Waals surface area (Å²) in [6.07, 6.45) is 3.47. The van der Waals surface area contributed by atoms with Crippen LogP contribution < -0.4 is 11.5 Å². The molecule has 2 nitrogen and oxygen atoms in total. The van der Waals surface area contributed by atoms with Gasteiger partial charge in [-0.2, -0.15) is 12.6 Å². The van der Waals surface area contributed by atoms with E-state index in [-0.39, 0.29) is 11.5 Å². The van der Waals surface area contributed by atoms with Gasteiger partial charge in [0.2, 0.25) is 0 Å². The van der Waals surface area contributed by atoms with Crippen molar-refractivity contribution in [3.8, 4) is 0 Å². The lowest BCUT2D eigenvalue weighted by atomic mass is 10.1.